The van der Waals surface area contributed by atoms with Gasteiger partial charge in [0.2, 0.25) is 0 Å². The lowest BCUT2D eigenvalue weighted by molar-refractivity contribution is 0.631. The lowest BCUT2D eigenvalue weighted by atomic mass is 10.1. The molecule has 6 heteroatoms. The predicted octanol–water partition coefficient (Wildman–Crippen LogP) is 2.76. The second-order valence-corrected chi connectivity index (χ2v) is 4.73. The summed E-state index contributed by atoms with van der Waals surface area (Å²) in [7, 11) is 0. The summed E-state index contributed by atoms with van der Waals surface area (Å²) in [5, 5.41) is 0.259. The zero-order valence-electron chi connectivity index (χ0n) is 10.1. The minimum atomic E-state index is -0.470. The van der Waals surface area contributed by atoms with Gasteiger partial charge in [-0.2, -0.15) is 0 Å². The van der Waals surface area contributed by atoms with Crippen LogP contribution in [0.25, 0.3) is 11.3 Å². The monoisotopic (exact) mass is 268 g/mol. The van der Waals surface area contributed by atoms with E-state index in [0.717, 1.165) is 0 Å². The number of hydrogen-bond acceptors (Lipinski definition) is 3. The molecule has 0 amide bonds. The summed E-state index contributed by atoms with van der Waals surface area (Å²) in [5.74, 6) is 6.20. The summed E-state index contributed by atoms with van der Waals surface area (Å²) in [5.41, 5.74) is 6.33. The molecular formula is C12H14ClFN4. The Morgan fingerprint density at radius 1 is 1.39 bits per heavy atom. The molecule has 0 spiro atoms. The van der Waals surface area contributed by atoms with Crippen molar-refractivity contribution < 1.29 is 4.39 Å². The molecule has 0 fully saturated rings. The van der Waals surface area contributed by atoms with Gasteiger partial charge < -0.3 is 11.6 Å². The van der Waals surface area contributed by atoms with Crippen LogP contribution in [0.15, 0.2) is 18.2 Å². The zero-order chi connectivity index (χ0) is 13.4. The number of nitrogen functional groups attached to an aromatic ring is 2. The average Bonchev–Trinajstić information content (AvgIpc) is 2.57. The van der Waals surface area contributed by atoms with Gasteiger partial charge in [0.15, 0.2) is 5.82 Å². The minimum absolute atomic E-state index is 0.0802. The molecule has 0 aliphatic heterocycles. The van der Waals surface area contributed by atoms with E-state index in [1.165, 1.54) is 16.8 Å². The number of hydrogen-bond donors (Lipinski definition) is 2. The highest BCUT2D eigenvalue weighted by Crippen LogP contribution is 2.34. The zero-order valence-corrected chi connectivity index (χ0v) is 10.9. The quantitative estimate of drug-likeness (QED) is 0.823. The minimum Gasteiger partial charge on any atom is -0.382 e. The Labute approximate surface area is 109 Å². The van der Waals surface area contributed by atoms with Crippen LogP contribution in [0.4, 0.5) is 10.2 Å². The molecule has 1 heterocycles. The number of halogens is 2. The summed E-state index contributed by atoms with van der Waals surface area (Å²) in [4.78, 5) is 4.29. The second-order valence-electron chi connectivity index (χ2n) is 4.33. The summed E-state index contributed by atoms with van der Waals surface area (Å²) in [6.45, 7) is 3.86. The summed E-state index contributed by atoms with van der Waals surface area (Å²) >= 11 is 5.99. The maximum atomic E-state index is 13.8. The van der Waals surface area contributed by atoms with Crippen LogP contribution in [0.1, 0.15) is 25.6 Å². The van der Waals surface area contributed by atoms with E-state index in [4.69, 9.17) is 23.2 Å². The van der Waals surface area contributed by atoms with Gasteiger partial charge in [-0.15, -0.1) is 0 Å². The van der Waals surface area contributed by atoms with Crippen molar-refractivity contribution in [1.29, 1.82) is 0 Å². The molecule has 4 nitrogen and oxygen atoms in total. The number of nitrogens with zero attached hydrogens (tertiary/aromatic N) is 2. The molecule has 0 saturated heterocycles. The third kappa shape index (κ3) is 1.90. The van der Waals surface area contributed by atoms with E-state index in [9.17, 15) is 4.39 Å². The van der Waals surface area contributed by atoms with Crippen LogP contribution in [0.2, 0.25) is 5.02 Å². The van der Waals surface area contributed by atoms with E-state index >= 15 is 0 Å². The summed E-state index contributed by atoms with van der Waals surface area (Å²) in [6, 6.07) is 4.43. The number of imidazole rings is 1. The molecular weight excluding hydrogens is 255 g/mol. The Hall–Kier alpha value is -1.75. The highest BCUT2D eigenvalue weighted by molar-refractivity contribution is 6.33. The Morgan fingerprint density at radius 3 is 2.56 bits per heavy atom. The number of benzene rings is 1. The van der Waals surface area contributed by atoms with Crippen LogP contribution in [0.3, 0.4) is 0 Å². The largest absolute Gasteiger partial charge is 0.382 e. The van der Waals surface area contributed by atoms with Crippen LogP contribution in [0.5, 0.6) is 0 Å². The summed E-state index contributed by atoms with van der Waals surface area (Å²) in [6.07, 6.45) is 0. The fraction of sp³-hybridized carbons (Fsp3) is 0.250. The Balaban J connectivity index is 2.69. The van der Waals surface area contributed by atoms with Crippen LogP contribution in [0, 0.1) is 5.82 Å². The maximum Gasteiger partial charge on any atom is 0.151 e. The van der Waals surface area contributed by atoms with Crippen molar-refractivity contribution in [3.05, 3.63) is 34.9 Å². The van der Waals surface area contributed by atoms with E-state index in [1.54, 1.807) is 6.07 Å². The topological polar surface area (TPSA) is 69.9 Å². The molecule has 0 bridgehead atoms. The van der Waals surface area contributed by atoms with Gasteiger partial charge in [-0.1, -0.05) is 31.5 Å². The van der Waals surface area contributed by atoms with Crippen LogP contribution in [-0.4, -0.2) is 9.66 Å². The SMILES string of the molecule is CC(C)c1nc(-c2c(F)cccc2Cl)c(N)n1N. The van der Waals surface area contributed by atoms with E-state index in [1.807, 2.05) is 13.8 Å². The number of nitrogens with two attached hydrogens (primary N) is 2. The van der Waals surface area contributed by atoms with Crippen molar-refractivity contribution in [3.8, 4) is 11.3 Å². The van der Waals surface area contributed by atoms with E-state index in [2.05, 4.69) is 4.98 Å². The fourth-order valence-corrected chi connectivity index (χ4v) is 2.03. The van der Waals surface area contributed by atoms with Crippen molar-refractivity contribution in [2.75, 3.05) is 11.6 Å². The number of anilines is 1. The van der Waals surface area contributed by atoms with Crippen LogP contribution < -0.4 is 11.6 Å². The Bertz CT molecular complexity index is 572. The predicted molar refractivity (Wildman–Crippen MR) is 71.3 cm³/mol. The van der Waals surface area contributed by atoms with Gasteiger partial charge in [0.1, 0.15) is 17.3 Å². The second kappa shape index (κ2) is 4.49. The van der Waals surface area contributed by atoms with Crippen molar-refractivity contribution in [2.24, 2.45) is 0 Å². The van der Waals surface area contributed by atoms with Gasteiger partial charge in [-0.3, -0.25) is 0 Å². The highest BCUT2D eigenvalue weighted by atomic mass is 35.5. The van der Waals surface area contributed by atoms with Crippen molar-refractivity contribution in [1.82, 2.24) is 9.66 Å². The first-order valence-corrected chi connectivity index (χ1v) is 5.88. The molecule has 0 radical (unpaired) electrons. The smallest absolute Gasteiger partial charge is 0.151 e. The molecule has 96 valence electrons. The molecule has 1 aromatic heterocycles. The van der Waals surface area contributed by atoms with Crippen LogP contribution in [-0.2, 0) is 0 Å². The summed E-state index contributed by atoms with van der Waals surface area (Å²) < 4.78 is 15.1. The molecule has 4 N–H and O–H groups in total. The maximum absolute atomic E-state index is 13.8. The van der Waals surface area contributed by atoms with Crippen molar-refractivity contribution in [3.63, 3.8) is 0 Å². The van der Waals surface area contributed by atoms with Crippen molar-refractivity contribution >= 4 is 17.4 Å². The first-order chi connectivity index (χ1) is 8.43. The Kier molecular flexibility index (Phi) is 3.17. The molecule has 0 aliphatic carbocycles. The molecule has 0 saturated carbocycles. The number of rotatable bonds is 2. The standard InChI is InChI=1S/C12H14ClFN4/c1-6(2)12-17-10(11(15)18(12)16)9-7(13)4-3-5-8(9)14/h3-6H,15-16H2,1-2H3. The van der Waals surface area contributed by atoms with E-state index in [0.29, 0.717) is 5.82 Å². The highest BCUT2D eigenvalue weighted by Gasteiger charge is 2.21. The Morgan fingerprint density at radius 2 is 2.06 bits per heavy atom. The van der Waals surface area contributed by atoms with Gasteiger partial charge in [-0.05, 0) is 12.1 Å². The molecule has 0 aliphatic rings. The van der Waals surface area contributed by atoms with E-state index in [-0.39, 0.29) is 28.0 Å². The van der Waals surface area contributed by atoms with Gasteiger partial charge in [0, 0.05) is 5.92 Å². The normalized spacial score (nSPS) is 11.2. The molecule has 2 aromatic rings. The lowest BCUT2D eigenvalue weighted by Crippen LogP contribution is -2.16. The molecule has 18 heavy (non-hydrogen) atoms. The fourth-order valence-electron chi connectivity index (χ4n) is 1.78. The third-order valence-electron chi connectivity index (χ3n) is 2.69. The molecule has 2 rings (SSSR count). The molecule has 1 aromatic carbocycles. The molecule has 0 atom stereocenters. The van der Waals surface area contributed by atoms with Gasteiger partial charge in [0.05, 0.1) is 10.6 Å². The third-order valence-corrected chi connectivity index (χ3v) is 3.01. The first-order valence-electron chi connectivity index (χ1n) is 5.51. The van der Waals surface area contributed by atoms with Gasteiger partial charge in [0.25, 0.3) is 0 Å². The van der Waals surface area contributed by atoms with Gasteiger partial charge in [-0.25, -0.2) is 14.1 Å². The lowest BCUT2D eigenvalue weighted by Gasteiger charge is -2.04. The average molecular weight is 269 g/mol. The molecule has 0 unspecified atom stereocenters. The first kappa shape index (κ1) is 12.7. The van der Waals surface area contributed by atoms with Crippen molar-refractivity contribution in [2.45, 2.75) is 19.8 Å². The van der Waals surface area contributed by atoms with Crippen LogP contribution >= 0.6 is 11.6 Å². The van der Waals surface area contributed by atoms with Gasteiger partial charge >= 0.3 is 0 Å². The van der Waals surface area contributed by atoms with E-state index < -0.39 is 5.82 Å². The number of aromatic nitrogens is 2.